The summed E-state index contributed by atoms with van der Waals surface area (Å²) in [6, 6.07) is 5.20. The van der Waals surface area contributed by atoms with Crippen molar-refractivity contribution in [2.45, 2.75) is 13.8 Å². The zero-order valence-corrected chi connectivity index (χ0v) is 12.9. The Bertz CT molecular complexity index is 584. The van der Waals surface area contributed by atoms with Crippen LogP contribution < -0.4 is 4.74 Å². The molecule has 0 bridgehead atoms. The SMILES string of the molecule is CCOc1cccc(C=C2SC(=S)N(CC)C2=O)c1O. The molecule has 1 amide bonds. The maximum absolute atomic E-state index is 12.1. The number of hydrogen-bond donors (Lipinski definition) is 1. The maximum Gasteiger partial charge on any atom is 0.266 e. The van der Waals surface area contributed by atoms with E-state index >= 15 is 0 Å². The Balaban J connectivity index is 2.34. The van der Waals surface area contributed by atoms with Gasteiger partial charge in [0.05, 0.1) is 11.5 Å². The van der Waals surface area contributed by atoms with Gasteiger partial charge in [0.25, 0.3) is 5.91 Å². The number of phenols is 1. The normalized spacial score (nSPS) is 17.1. The molecule has 6 heteroatoms. The largest absolute Gasteiger partial charge is 0.504 e. The zero-order valence-electron chi connectivity index (χ0n) is 11.3. The van der Waals surface area contributed by atoms with Crippen LogP contribution in [0.4, 0.5) is 0 Å². The maximum atomic E-state index is 12.1. The van der Waals surface area contributed by atoms with Crippen LogP contribution in [0.5, 0.6) is 11.5 Å². The van der Waals surface area contributed by atoms with Crippen molar-refractivity contribution >= 4 is 40.3 Å². The molecular weight excluding hydrogens is 294 g/mol. The fourth-order valence-corrected chi connectivity index (χ4v) is 3.22. The van der Waals surface area contributed by atoms with E-state index in [9.17, 15) is 9.90 Å². The Morgan fingerprint density at radius 1 is 1.45 bits per heavy atom. The number of rotatable bonds is 4. The standard InChI is InChI=1S/C14H15NO3S2/c1-3-15-13(17)11(20-14(15)19)8-9-6-5-7-10(12(9)16)18-4-2/h5-8,16H,3-4H2,1-2H3. The van der Waals surface area contributed by atoms with Gasteiger partial charge < -0.3 is 9.84 Å². The summed E-state index contributed by atoms with van der Waals surface area (Å²) < 4.78 is 5.87. The Labute approximate surface area is 127 Å². The molecule has 0 aliphatic carbocycles. The van der Waals surface area contributed by atoms with E-state index in [2.05, 4.69) is 0 Å². The highest BCUT2D eigenvalue weighted by molar-refractivity contribution is 8.26. The number of benzene rings is 1. The van der Waals surface area contributed by atoms with Crippen molar-refractivity contribution in [3.63, 3.8) is 0 Å². The van der Waals surface area contributed by atoms with Crippen LogP contribution in [0.25, 0.3) is 6.08 Å². The number of carbonyl (C=O) groups is 1. The fraction of sp³-hybridized carbons (Fsp3) is 0.286. The van der Waals surface area contributed by atoms with Gasteiger partial charge in [0.2, 0.25) is 0 Å². The molecule has 0 spiro atoms. The van der Waals surface area contributed by atoms with Crippen molar-refractivity contribution in [3.05, 3.63) is 28.7 Å². The molecule has 0 aromatic heterocycles. The molecule has 2 rings (SSSR count). The van der Waals surface area contributed by atoms with Crippen LogP contribution in [0.3, 0.4) is 0 Å². The van der Waals surface area contributed by atoms with Crippen LogP contribution in [0.1, 0.15) is 19.4 Å². The van der Waals surface area contributed by atoms with Gasteiger partial charge >= 0.3 is 0 Å². The molecule has 1 aromatic carbocycles. The summed E-state index contributed by atoms with van der Waals surface area (Å²) in [7, 11) is 0. The number of hydrogen-bond acceptors (Lipinski definition) is 5. The fourth-order valence-electron chi connectivity index (χ4n) is 1.84. The summed E-state index contributed by atoms with van der Waals surface area (Å²) >= 11 is 6.40. The summed E-state index contributed by atoms with van der Waals surface area (Å²) in [4.78, 5) is 14.2. The van der Waals surface area contributed by atoms with Crippen molar-refractivity contribution in [1.82, 2.24) is 4.90 Å². The number of likely N-dealkylation sites (N-methyl/N-ethyl adjacent to an activating group) is 1. The summed E-state index contributed by atoms with van der Waals surface area (Å²) in [6.45, 7) is 4.74. The molecule has 0 unspecified atom stereocenters. The number of phenolic OH excluding ortho intramolecular Hbond substituents is 1. The Kier molecular flexibility index (Phi) is 4.67. The lowest BCUT2D eigenvalue weighted by Gasteiger charge is -2.10. The smallest absolute Gasteiger partial charge is 0.266 e. The van der Waals surface area contributed by atoms with Crippen molar-refractivity contribution in [1.29, 1.82) is 0 Å². The molecule has 0 atom stereocenters. The van der Waals surface area contributed by atoms with Crippen molar-refractivity contribution in [2.75, 3.05) is 13.2 Å². The molecule has 1 saturated heterocycles. The molecule has 1 N–H and O–H groups in total. The monoisotopic (exact) mass is 309 g/mol. The first-order chi connectivity index (χ1) is 9.58. The quantitative estimate of drug-likeness (QED) is 0.684. The van der Waals surface area contributed by atoms with E-state index in [1.807, 2.05) is 13.8 Å². The van der Waals surface area contributed by atoms with Crippen molar-refractivity contribution in [3.8, 4) is 11.5 Å². The summed E-state index contributed by atoms with van der Waals surface area (Å²) in [6.07, 6.45) is 1.65. The lowest BCUT2D eigenvalue weighted by atomic mass is 10.1. The van der Waals surface area contributed by atoms with E-state index in [1.165, 1.54) is 16.7 Å². The number of nitrogens with zero attached hydrogens (tertiary/aromatic N) is 1. The van der Waals surface area contributed by atoms with Crippen molar-refractivity contribution in [2.24, 2.45) is 0 Å². The Hall–Kier alpha value is -1.53. The van der Waals surface area contributed by atoms with E-state index < -0.39 is 0 Å². The minimum Gasteiger partial charge on any atom is -0.504 e. The van der Waals surface area contributed by atoms with Gasteiger partial charge in [0.15, 0.2) is 11.5 Å². The molecule has 20 heavy (non-hydrogen) atoms. The van der Waals surface area contributed by atoms with Gasteiger partial charge in [-0.2, -0.15) is 0 Å². The number of thiocarbonyl (C=S) groups is 1. The van der Waals surface area contributed by atoms with Gasteiger partial charge in [-0.25, -0.2) is 0 Å². The topological polar surface area (TPSA) is 49.8 Å². The highest BCUT2D eigenvalue weighted by atomic mass is 32.2. The molecule has 106 valence electrons. The first kappa shape index (κ1) is 14.9. The van der Waals surface area contributed by atoms with E-state index in [0.717, 1.165) is 0 Å². The summed E-state index contributed by atoms with van der Waals surface area (Å²) in [5, 5.41) is 10.1. The van der Waals surface area contributed by atoms with E-state index in [4.69, 9.17) is 17.0 Å². The number of ether oxygens (including phenoxy) is 1. The summed E-state index contributed by atoms with van der Waals surface area (Å²) in [5.41, 5.74) is 0.549. The Morgan fingerprint density at radius 3 is 2.80 bits per heavy atom. The van der Waals surface area contributed by atoms with E-state index in [1.54, 1.807) is 24.3 Å². The van der Waals surface area contributed by atoms with Crippen LogP contribution in [-0.4, -0.2) is 33.4 Å². The second-order valence-corrected chi connectivity index (χ2v) is 5.73. The molecule has 1 aromatic rings. The molecule has 0 saturated carbocycles. The number of aromatic hydroxyl groups is 1. The average Bonchev–Trinajstić information content (AvgIpc) is 2.69. The van der Waals surface area contributed by atoms with Crippen LogP contribution >= 0.6 is 24.0 Å². The lowest BCUT2D eigenvalue weighted by molar-refractivity contribution is -0.121. The number of carbonyl (C=O) groups excluding carboxylic acids is 1. The van der Waals surface area contributed by atoms with E-state index in [-0.39, 0.29) is 11.7 Å². The average molecular weight is 309 g/mol. The molecular formula is C14H15NO3S2. The van der Waals surface area contributed by atoms with Gasteiger partial charge in [0.1, 0.15) is 4.32 Å². The number of para-hydroxylation sites is 1. The number of thioether (sulfide) groups is 1. The van der Waals surface area contributed by atoms with Crippen LogP contribution in [0.15, 0.2) is 23.1 Å². The van der Waals surface area contributed by atoms with Crippen LogP contribution in [-0.2, 0) is 4.79 Å². The predicted octanol–water partition coefficient (Wildman–Crippen LogP) is 3.01. The van der Waals surface area contributed by atoms with Crippen LogP contribution in [0, 0.1) is 0 Å². The minimum atomic E-state index is -0.122. The third-order valence-electron chi connectivity index (χ3n) is 2.81. The number of amides is 1. The molecule has 4 nitrogen and oxygen atoms in total. The molecule has 1 fully saturated rings. The molecule has 1 aliphatic rings. The van der Waals surface area contributed by atoms with Crippen molar-refractivity contribution < 1.29 is 14.6 Å². The van der Waals surface area contributed by atoms with Gasteiger partial charge in [-0.3, -0.25) is 9.69 Å². The third-order valence-corrected chi connectivity index (χ3v) is 4.18. The third kappa shape index (κ3) is 2.81. The first-order valence-corrected chi connectivity index (χ1v) is 7.51. The minimum absolute atomic E-state index is 0.0381. The zero-order chi connectivity index (χ0) is 14.7. The first-order valence-electron chi connectivity index (χ1n) is 6.28. The van der Waals surface area contributed by atoms with Gasteiger partial charge in [-0.15, -0.1) is 0 Å². The van der Waals surface area contributed by atoms with Crippen LogP contribution in [0.2, 0.25) is 0 Å². The Morgan fingerprint density at radius 2 is 2.20 bits per heavy atom. The van der Waals surface area contributed by atoms with Gasteiger partial charge in [0, 0.05) is 12.1 Å². The highest BCUT2D eigenvalue weighted by Crippen LogP contribution is 2.36. The van der Waals surface area contributed by atoms with Gasteiger partial charge in [-0.1, -0.05) is 36.1 Å². The van der Waals surface area contributed by atoms with E-state index in [0.29, 0.717) is 33.7 Å². The second kappa shape index (κ2) is 6.28. The second-order valence-electron chi connectivity index (χ2n) is 4.05. The highest BCUT2D eigenvalue weighted by Gasteiger charge is 2.30. The van der Waals surface area contributed by atoms with Gasteiger partial charge in [-0.05, 0) is 26.0 Å². The molecule has 0 radical (unpaired) electrons. The lowest BCUT2D eigenvalue weighted by Crippen LogP contribution is -2.27. The summed E-state index contributed by atoms with van der Waals surface area (Å²) in [5.74, 6) is 0.326. The molecule has 1 aliphatic heterocycles. The predicted molar refractivity (Wildman–Crippen MR) is 84.8 cm³/mol. The molecule has 1 heterocycles.